The number of alkyl halides is 3. The largest absolute Gasteiger partial charge is 0.389 e. The second-order valence-electron chi connectivity index (χ2n) is 3.48. The third kappa shape index (κ3) is 2.47. The summed E-state index contributed by atoms with van der Waals surface area (Å²) in [6.45, 7) is 0. The lowest BCUT2D eigenvalue weighted by molar-refractivity contribution is -0.134. The van der Waals surface area contributed by atoms with E-state index in [1.54, 1.807) is 18.2 Å². The monoisotopic (exact) mass is 248 g/mol. The zero-order chi connectivity index (χ0) is 11.8. The molecular formula is C10H8ClF3N2. The van der Waals surface area contributed by atoms with Gasteiger partial charge in [-0.3, -0.25) is 5.10 Å². The molecule has 16 heavy (non-hydrogen) atoms. The Morgan fingerprint density at radius 2 is 2.06 bits per heavy atom. The van der Waals surface area contributed by atoms with Crippen LogP contribution in [0.4, 0.5) is 13.2 Å². The van der Waals surface area contributed by atoms with Crippen LogP contribution >= 0.6 is 11.6 Å². The topological polar surface area (TPSA) is 28.7 Å². The normalized spacial score (nSPS) is 12.2. The van der Waals surface area contributed by atoms with E-state index >= 15 is 0 Å². The molecule has 0 bridgehead atoms. The number of aryl methyl sites for hydroxylation is 1. The molecule has 0 aliphatic heterocycles. The minimum Gasteiger partial charge on any atom is -0.281 e. The number of rotatable bonds is 2. The van der Waals surface area contributed by atoms with Crippen molar-refractivity contribution in [2.75, 3.05) is 0 Å². The summed E-state index contributed by atoms with van der Waals surface area (Å²) in [7, 11) is 0. The molecule has 1 heterocycles. The van der Waals surface area contributed by atoms with E-state index in [0.717, 1.165) is 0 Å². The molecule has 86 valence electrons. The first-order chi connectivity index (χ1) is 7.46. The van der Waals surface area contributed by atoms with E-state index in [2.05, 4.69) is 10.2 Å². The molecule has 1 aromatic carbocycles. The van der Waals surface area contributed by atoms with Crippen LogP contribution in [-0.2, 0) is 6.42 Å². The van der Waals surface area contributed by atoms with Crippen molar-refractivity contribution in [2.45, 2.75) is 19.0 Å². The average molecular weight is 249 g/mol. The summed E-state index contributed by atoms with van der Waals surface area (Å²) in [5, 5.41) is 7.71. The van der Waals surface area contributed by atoms with E-state index in [9.17, 15) is 13.2 Å². The number of aromatic amines is 1. The van der Waals surface area contributed by atoms with Crippen LogP contribution in [0.1, 0.15) is 12.1 Å². The van der Waals surface area contributed by atoms with Gasteiger partial charge in [-0.05, 0) is 24.6 Å². The number of nitrogens with zero attached hydrogens (tertiary/aromatic N) is 1. The fourth-order valence-corrected chi connectivity index (χ4v) is 1.66. The fourth-order valence-electron chi connectivity index (χ4n) is 1.50. The lowest BCUT2D eigenvalue weighted by Gasteiger charge is -2.04. The number of H-pyrrole nitrogens is 1. The van der Waals surface area contributed by atoms with Gasteiger partial charge in [0.1, 0.15) is 0 Å². The molecule has 2 aromatic rings. The Balaban J connectivity index is 2.25. The van der Waals surface area contributed by atoms with E-state index in [-0.39, 0.29) is 6.42 Å². The van der Waals surface area contributed by atoms with E-state index < -0.39 is 12.6 Å². The molecule has 0 amide bonds. The first-order valence-corrected chi connectivity index (χ1v) is 5.03. The van der Waals surface area contributed by atoms with Gasteiger partial charge in [0.2, 0.25) is 0 Å². The van der Waals surface area contributed by atoms with Crippen LogP contribution < -0.4 is 0 Å². The van der Waals surface area contributed by atoms with Crippen molar-refractivity contribution in [1.29, 1.82) is 0 Å². The number of benzene rings is 1. The number of fused-ring (bicyclic) bond motifs is 1. The van der Waals surface area contributed by atoms with Crippen molar-refractivity contribution in [2.24, 2.45) is 0 Å². The third-order valence-corrected chi connectivity index (χ3v) is 2.49. The lowest BCUT2D eigenvalue weighted by Crippen LogP contribution is -2.08. The van der Waals surface area contributed by atoms with Gasteiger partial charge in [-0.15, -0.1) is 0 Å². The number of halogens is 4. The highest BCUT2D eigenvalue weighted by molar-refractivity contribution is 6.31. The van der Waals surface area contributed by atoms with Crippen molar-refractivity contribution < 1.29 is 13.2 Å². The summed E-state index contributed by atoms with van der Waals surface area (Å²) in [4.78, 5) is 0. The van der Waals surface area contributed by atoms with Crippen molar-refractivity contribution in [1.82, 2.24) is 10.2 Å². The number of hydrogen-bond acceptors (Lipinski definition) is 1. The van der Waals surface area contributed by atoms with Gasteiger partial charge in [0.25, 0.3) is 0 Å². The summed E-state index contributed by atoms with van der Waals surface area (Å²) < 4.78 is 36.2. The van der Waals surface area contributed by atoms with Gasteiger partial charge in [0.15, 0.2) is 0 Å². The molecule has 0 fully saturated rings. The van der Waals surface area contributed by atoms with Crippen LogP contribution in [0.2, 0.25) is 5.02 Å². The maximum Gasteiger partial charge on any atom is 0.389 e. The van der Waals surface area contributed by atoms with Crippen LogP contribution in [0.15, 0.2) is 18.2 Å². The SMILES string of the molecule is FC(F)(F)CCc1[nH]nc2cc(Cl)ccc12. The van der Waals surface area contributed by atoms with Crippen molar-refractivity contribution in [3.8, 4) is 0 Å². The molecule has 1 aromatic heterocycles. The van der Waals surface area contributed by atoms with E-state index in [0.29, 0.717) is 21.6 Å². The molecule has 2 rings (SSSR count). The highest BCUT2D eigenvalue weighted by Gasteiger charge is 2.27. The van der Waals surface area contributed by atoms with E-state index in [1.807, 2.05) is 0 Å². The van der Waals surface area contributed by atoms with Gasteiger partial charge in [0.05, 0.1) is 5.52 Å². The molecule has 2 nitrogen and oxygen atoms in total. The molecule has 0 atom stereocenters. The van der Waals surface area contributed by atoms with Crippen LogP contribution in [0.25, 0.3) is 10.9 Å². The smallest absolute Gasteiger partial charge is 0.281 e. The number of aromatic nitrogens is 2. The Hall–Kier alpha value is -1.23. The summed E-state index contributed by atoms with van der Waals surface area (Å²) in [5.41, 5.74) is 1.08. The van der Waals surface area contributed by atoms with Gasteiger partial charge in [-0.2, -0.15) is 18.3 Å². The Morgan fingerprint density at radius 3 is 2.75 bits per heavy atom. The molecule has 0 radical (unpaired) electrons. The van der Waals surface area contributed by atoms with Gasteiger partial charge in [-0.25, -0.2) is 0 Å². The van der Waals surface area contributed by atoms with Crippen LogP contribution in [0.5, 0.6) is 0 Å². The van der Waals surface area contributed by atoms with Crippen LogP contribution in [0, 0.1) is 0 Å². The molecule has 6 heteroatoms. The molecular weight excluding hydrogens is 241 g/mol. The van der Waals surface area contributed by atoms with E-state index in [1.165, 1.54) is 0 Å². The highest BCUT2D eigenvalue weighted by atomic mass is 35.5. The zero-order valence-corrected chi connectivity index (χ0v) is 8.86. The average Bonchev–Trinajstić information content (AvgIpc) is 2.56. The Bertz CT molecular complexity index is 504. The van der Waals surface area contributed by atoms with Gasteiger partial charge >= 0.3 is 6.18 Å². The quantitative estimate of drug-likeness (QED) is 0.862. The zero-order valence-electron chi connectivity index (χ0n) is 8.11. The van der Waals surface area contributed by atoms with Crippen molar-refractivity contribution in [3.05, 3.63) is 28.9 Å². The minimum atomic E-state index is -4.15. The third-order valence-electron chi connectivity index (χ3n) is 2.25. The van der Waals surface area contributed by atoms with Crippen molar-refractivity contribution >= 4 is 22.5 Å². The second-order valence-corrected chi connectivity index (χ2v) is 3.92. The molecule has 0 spiro atoms. The van der Waals surface area contributed by atoms with E-state index in [4.69, 9.17) is 11.6 Å². The minimum absolute atomic E-state index is 0.0956. The van der Waals surface area contributed by atoms with Gasteiger partial charge in [-0.1, -0.05) is 11.6 Å². The van der Waals surface area contributed by atoms with Crippen LogP contribution in [0.3, 0.4) is 0 Å². The highest BCUT2D eigenvalue weighted by Crippen LogP contribution is 2.25. The maximum atomic E-state index is 12.1. The summed E-state index contributed by atoms with van der Waals surface area (Å²) in [6.07, 6.45) is -5.10. The van der Waals surface area contributed by atoms with Gasteiger partial charge < -0.3 is 0 Å². The summed E-state index contributed by atoms with van der Waals surface area (Å²) in [5.74, 6) is 0. The molecule has 1 N–H and O–H groups in total. The maximum absolute atomic E-state index is 12.1. The molecule has 0 saturated heterocycles. The van der Waals surface area contributed by atoms with Crippen molar-refractivity contribution in [3.63, 3.8) is 0 Å². The molecule has 0 unspecified atom stereocenters. The molecule has 0 saturated carbocycles. The Kier molecular flexibility index (Phi) is 2.80. The Morgan fingerprint density at radius 1 is 1.31 bits per heavy atom. The van der Waals surface area contributed by atoms with Gasteiger partial charge in [0, 0.05) is 22.5 Å². The summed E-state index contributed by atoms with van der Waals surface area (Å²) in [6, 6.07) is 4.92. The molecule has 0 aliphatic rings. The number of hydrogen-bond donors (Lipinski definition) is 1. The first kappa shape index (κ1) is 11.3. The molecule has 0 aliphatic carbocycles. The van der Waals surface area contributed by atoms with Crippen LogP contribution in [-0.4, -0.2) is 16.4 Å². The standard InChI is InChI=1S/C10H8ClF3N2/c11-6-1-2-7-8(3-4-10(12,13)14)15-16-9(7)5-6/h1-2,5H,3-4H2,(H,15,16). The lowest BCUT2D eigenvalue weighted by atomic mass is 10.1. The number of nitrogens with one attached hydrogen (secondary N) is 1. The predicted molar refractivity (Wildman–Crippen MR) is 55.5 cm³/mol. The Labute approximate surface area is 94.4 Å². The first-order valence-electron chi connectivity index (χ1n) is 4.65. The predicted octanol–water partition coefficient (Wildman–Crippen LogP) is 3.71. The summed E-state index contributed by atoms with van der Waals surface area (Å²) >= 11 is 5.74. The fraction of sp³-hybridized carbons (Fsp3) is 0.300. The second kappa shape index (κ2) is 3.97.